The molecule has 6 nitrogen and oxygen atoms in total. The molecule has 0 unspecified atom stereocenters. The van der Waals surface area contributed by atoms with Crippen molar-refractivity contribution >= 4 is 22.7 Å². The molecule has 1 aliphatic heterocycles. The topological polar surface area (TPSA) is 63.6 Å². The van der Waals surface area contributed by atoms with Crippen molar-refractivity contribution < 1.29 is 14.3 Å². The average Bonchev–Trinajstić information content (AvgIpc) is 3.16. The van der Waals surface area contributed by atoms with Gasteiger partial charge in [0.2, 0.25) is 5.91 Å². The van der Waals surface area contributed by atoms with E-state index in [1.807, 2.05) is 73.0 Å². The van der Waals surface area contributed by atoms with Crippen LogP contribution in [-0.2, 0) is 17.9 Å². The normalized spacial score (nSPS) is 18.0. The minimum Gasteiger partial charge on any atom is -0.494 e. The second-order valence-electron chi connectivity index (χ2n) is 9.32. The van der Waals surface area contributed by atoms with Crippen molar-refractivity contribution in [3.63, 3.8) is 0 Å². The summed E-state index contributed by atoms with van der Waals surface area (Å²) in [6.45, 7) is 9.89. The second-order valence-corrected chi connectivity index (χ2v) is 9.32. The van der Waals surface area contributed by atoms with Gasteiger partial charge in [-0.2, -0.15) is 0 Å². The molecule has 33 heavy (non-hydrogen) atoms. The van der Waals surface area contributed by atoms with Gasteiger partial charge in [0.25, 0.3) is 5.91 Å². The first-order chi connectivity index (χ1) is 15.8. The van der Waals surface area contributed by atoms with Crippen LogP contribution in [0.2, 0.25) is 0 Å². The van der Waals surface area contributed by atoms with Gasteiger partial charge >= 0.3 is 0 Å². The van der Waals surface area contributed by atoms with E-state index >= 15 is 0 Å². The lowest BCUT2D eigenvalue weighted by Gasteiger charge is -2.44. The Hall–Kier alpha value is -3.28. The van der Waals surface area contributed by atoms with E-state index in [9.17, 15) is 9.59 Å². The summed E-state index contributed by atoms with van der Waals surface area (Å²) in [5, 5.41) is 4.09. The molecular formula is C27H33N3O3. The fourth-order valence-corrected chi connectivity index (χ4v) is 4.52. The maximum Gasteiger partial charge on any atom is 0.271 e. The SMILES string of the molecule is CCOc1ccccc1CN1C(=O)c2cc3ccccc3n2C[C@@]1(C)C(=O)NCCC(C)C. The van der Waals surface area contributed by atoms with E-state index in [4.69, 9.17) is 4.74 Å². The summed E-state index contributed by atoms with van der Waals surface area (Å²) in [6, 6.07) is 17.6. The van der Waals surface area contributed by atoms with E-state index in [1.165, 1.54) is 0 Å². The lowest BCUT2D eigenvalue weighted by Crippen LogP contribution is -2.63. The molecule has 1 N–H and O–H groups in total. The molecular weight excluding hydrogens is 414 g/mol. The number of nitrogens with one attached hydrogen (secondary N) is 1. The number of aromatic nitrogens is 1. The van der Waals surface area contributed by atoms with Crippen LogP contribution < -0.4 is 10.1 Å². The van der Waals surface area contributed by atoms with Gasteiger partial charge in [0.1, 0.15) is 17.0 Å². The van der Waals surface area contributed by atoms with Crippen LogP contribution in [0.1, 0.15) is 50.2 Å². The Morgan fingerprint density at radius 2 is 1.88 bits per heavy atom. The van der Waals surface area contributed by atoms with Gasteiger partial charge in [-0.15, -0.1) is 0 Å². The number of nitrogens with zero attached hydrogens (tertiary/aromatic N) is 2. The van der Waals surface area contributed by atoms with Crippen LogP contribution in [-0.4, -0.2) is 40.0 Å². The number of para-hydroxylation sites is 2. The van der Waals surface area contributed by atoms with Crippen LogP contribution in [0.4, 0.5) is 0 Å². The van der Waals surface area contributed by atoms with Crippen molar-refractivity contribution in [3.8, 4) is 5.75 Å². The third-order valence-corrected chi connectivity index (χ3v) is 6.43. The fourth-order valence-electron chi connectivity index (χ4n) is 4.52. The molecule has 0 spiro atoms. The summed E-state index contributed by atoms with van der Waals surface area (Å²) in [5.74, 6) is 0.945. The predicted octanol–water partition coefficient (Wildman–Crippen LogP) is 4.62. The number of rotatable bonds is 8. The number of carbonyl (C=O) groups excluding carboxylic acids is 2. The minimum absolute atomic E-state index is 0.131. The number of hydrogen-bond acceptors (Lipinski definition) is 3. The van der Waals surface area contributed by atoms with Crippen LogP contribution in [0.15, 0.2) is 54.6 Å². The first kappa shape index (κ1) is 22.9. The number of benzene rings is 2. The summed E-state index contributed by atoms with van der Waals surface area (Å²) in [5.41, 5.74) is 1.43. The Bertz CT molecular complexity index is 1170. The van der Waals surface area contributed by atoms with E-state index in [2.05, 4.69) is 19.2 Å². The van der Waals surface area contributed by atoms with Crippen LogP contribution >= 0.6 is 0 Å². The number of carbonyl (C=O) groups is 2. The molecule has 0 fully saturated rings. The first-order valence-electron chi connectivity index (χ1n) is 11.7. The van der Waals surface area contributed by atoms with E-state index in [1.54, 1.807) is 4.90 Å². The molecule has 2 aromatic carbocycles. The summed E-state index contributed by atoms with van der Waals surface area (Å²) in [4.78, 5) is 29.1. The molecule has 0 saturated heterocycles. The highest BCUT2D eigenvalue weighted by molar-refractivity contribution is 6.03. The predicted molar refractivity (Wildman–Crippen MR) is 130 cm³/mol. The summed E-state index contributed by atoms with van der Waals surface area (Å²) in [6.07, 6.45) is 0.890. The largest absolute Gasteiger partial charge is 0.494 e. The molecule has 1 aliphatic rings. The summed E-state index contributed by atoms with van der Waals surface area (Å²) < 4.78 is 7.80. The third-order valence-electron chi connectivity index (χ3n) is 6.43. The molecule has 2 heterocycles. The second kappa shape index (κ2) is 9.30. The van der Waals surface area contributed by atoms with Gasteiger partial charge in [-0.1, -0.05) is 50.2 Å². The molecule has 0 saturated carbocycles. The van der Waals surface area contributed by atoms with Gasteiger partial charge in [0, 0.05) is 23.0 Å². The summed E-state index contributed by atoms with van der Waals surface area (Å²) >= 11 is 0. The molecule has 3 aromatic rings. The first-order valence-corrected chi connectivity index (χ1v) is 11.7. The van der Waals surface area contributed by atoms with Crippen molar-refractivity contribution in [2.24, 2.45) is 5.92 Å². The van der Waals surface area contributed by atoms with Crippen molar-refractivity contribution in [2.75, 3.05) is 13.2 Å². The molecule has 1 aromatic heterocycles. The molecule has 2 amide bonds. The maximum absolute atomic E-state index is 13.8. The van der Waals surface area contributed by atoms with E-state index in [0.717, 1.165) is 28.6 Å². The monoisotopic (exact) mass is 447 g/mol. The third kappa shape index (κ3) is 4.34. The standard InChI is InChI=1S/C27H33N3O3/c1-5-33-24-13-9-7-11-21(24)17-30-25(31)23-16-20-10-6-8-12-22(20)29(23)18-27(30,4)26(32)28-15-14-19(2)3/h6-13,16,19H,5,14-15,17-18H2,1-4H3,(H,28,32)/t27-/m0/s1. The molecule has 174 valence electrons. The molecule has 0 radical (unpaired) electrons. The summed E-state index contributed by atoms with van der Waals surface area (Å²) in [7, 11) is 0. The quantitative estimate of drug-likeness (QED) is 0.548. The highest BCUT2D eigenvalue weighted by Gasteiger charge is 2.47. The van der Waals surface area contributed by atoms with Gasteiger partial charge in [0.05, 0.1) is 19.7 Å². The Balaban J connectivity index is 1.75. The van der Waals surface area contributed by atoms with Crippen LogP contribution in [0.5, 0.6) is 5.75 Å². The molecule has 1 atom stereocenters. The van der Waals surface area contributed by atoms with Gasteiger partial charge in [0.15, 0.2) is 0 Å². The van der Waals surface area contributed by atoms with E-state index in [-0.39, 0.29) is 11.8 Å². The molecule has 4 rings (SSSR count). The number of fused-ring (bicyclic) bond motifs is 3. The molecule has 0 bridgehead atoms. The van der Waals surface area contributed by atoms with Crippen LogP contribution in [0, 0.1) is 5.92 Å². The van der Waals surface area contributed by atoms with Crippen molar-refractivity contribution in [1.82, 2.24) is 14.8 Å². The number of hydrogen-bond donors (Lipinski definition) is 1. The van der Waals surface area contributed by atoms with Gasteiger partial charge < -0.3 is 19.5 Å². The lowest BCUT2D eigenvalue weighted by atomic mass is 9.93. The zero-order valence-corrected chi connectivity index (χ0v) is 19.9. The number of ether oxygens (including phenoxy) is 1. The van der Waals surface area contributed by atoms with E-state index in [0.29, 0.717) is 37.9 Å². The Labute approximate surface area is 195 Å². The van der Waals surface area contributed by atoms with Gasteiger partial charge in [-0.3, -0.25) is 9.59 Å². The average molecular weight is 448 g/mol. The lowest BCUT2D eigenvalue weighted by molar-refractivity contribution is -0.133. The zero-order chi connectivity index (χ0) is 23.6. The van der Waals surface area contributed by atoms with Gasteiger partial charge in [-0.25, -0.2) is 0 Å². The van der Waals surface area contributed by atoms with Crippen molar-refractivity contribution in [1.29, 1.82) is 0 Å². The fraction of sp³-hybridized carbons (Fsp3) is 0.407. The van der Waals surface area contributed by atoms with Crippen molar-refractivity contribution in [3.05, 3.63) is 65.9 Å². The zero-order valence-electron chi connectivity index (χ0n) is 19.9. The Morgan fingerprint density at radius 3 is 2.64 bits per heavy atom. The smallest absolute Gasteiger partial charge is 0.271 e. The highest BCUT2D eigenvalue weighted by Crippen LogP contribution is 2.34. The van der Waals surface area contributed by atoms with Crippen LogP contribution in [0.25, 0.3) is 10.9 Å². The van der Waals surface area contributed by atoms with E-state index < -0.39 is 5.54 Å². The molecule has 6 heteroatoms. The Kier molecular flexibility index (Phi) is 6.45. The van der Waals surface area contributed by atoms with Crippen LogP contribution in [0.3, 0.4) is 0 Å². The minimum atomic E-state index is -1.04. The van der Waals surface area contributed by atoms with Gasteiger partial charge in [-0.05, 0) is 44.4 Å². The molecule has 0 aliphatic carbocycles. The van der Waals surface area contributed by atoms with Crippen molar-refractivity contribution in [2.45, 2.75) is 52.7 Å². The Morgan fingerprint density at radius 1 is 1.15 bits per heavy atom. The maximum atomic E-state index is 13.8. The highest BCUT2D eigenvalue weighted by atomic mass is 16.5. The number of amides is 2.